The largest absolute Gasteiger partial charge is 0.250 e. The van der Waals surface area contributed by atoms with Gasteiger partial charge in [-0.05, 0) is 31.0 Å². The molecule has 0 aliphatic rings. The Balaban J connectivity index is 2.36. The van der Waals surface area contributed by atoms with Crippen molar-refractivity contribution in [3.8, 4) is 0 Å². The number of thiazole rings is 1. The van der Waals surface area contributed by atoms with E-state index in [1.807, 2.05) is 13.0 Å². The number of rotatable bonds is 5. The lowest BCUT2D eigenvalue weighted by atomic mass is 10.1. The van der Waals surface area contributed by atoms with Gasteiger partial charge in [0.2, 0.25) is 10.0 Å². The Morgan fingerprint density at radius 1 is 1.33 bits per heavy atom. The van der Waals surface area contributed by atoms with Crippen molar-refractivity contribution in [1.29, 1.82) is 0 Å². The smallest absolute Gasteiger partial charge is 0.243 e. The molecule has 0 spiro atoms. The molecule has 0 atom stereocenters. The monoisotopic (exact) mass is 344 g/mol. The van der Waals surface area contributed by atoms with Crippen molar-refractivity contribution in [2.24, 2.45) is 0 Å². The highest BCUT2D eigenvalue weighted by atomic mass is 35.5. The number of nitrogens with zero attached hydrogens (tertiary/aromatic N) is 2. The van der Waals surface area contributed by atoms with Gasteiger partial charge in [-0.15, -0.1) is 22.9 Å². The number of sulfonamides is 1. The first-order valence-corrected chi connectivity index (χ1v) is 9.23. The van der Waals surface area contributed by atoms with Gasteiger partial charge >= 0.3 is 0 Å². The van der Waals surface area contributed by atoms with Crippen LogP contribution in [0.3, 0.4) is 0 Å². The molecule has 0 radical (unpaired) electrons. The van der Waals surface area contributed by atoms with Crippen LogP contribution in [0.1, 0.15) is 21.7 Å². The highest BCUT2D eigenvalue weighted by molar-refractivity contribution is 7.89. The van der Waals surface area contributed by atoms with Crippen LogP contribution in [0.5, 0.6) is 0 Å². The topological polar surface area (TPSA) is 50.3 Å². The van der Waals surface area contributed by atoms with Gasteiger partial charge in [-0.3, -0.25) is 0 Å². The molecule has 1 heterocycles. The van der Waals surface area contributed by atoms with Crippen LogP contribution >= 0.6 is 22.9 Å². The van der Waals surface area contributed by atoms with Gasteiger partial charge in [0.15, 0.2) is 0 Å². The lowest BCUT2D eigenvalue weighted by molar-refractivity contribution is 0.468. The van der Waals surface area contributed by atoms with E-state index in [-0.39, 0.29) is 0 Å². The molecule has 0 fully saturated rings. The molecule has 0 N–H and O–H groups in total. The Kier molecular flexibility index (Phi) is 5.03. The first-order valence-electron chi connectivity index (χ1n) is 6.37. The van der Waals surface area contributed by atoms with Crippen molar-refractivity contribution >= 4 is 33.0 Å². The molecule has 0 aliphatic heterocycles. The van der Waals surface area contributed by atoms with Gasteiger partial charge in [0.05, 0.1) is 16.1 Å². The minimum absolute atomic E-state index is 0.298. The number of halogens is 1. The third-order valence-corrected chi connectivity index (χ3v) is 6.60. The normalized spacial score (nSPS) is 12.0. The third-order valence-electron chi connectivity index (χ3n) is 3.44. The van der Waals surface area contributed by atoms with E-state index in [4.69, 9.17) is 11.6 Å². The summed E-state index contributed by atoms with van der Waals surface area (Å²) >= 11 is 7.32. The summed E-state index contributed by atoms with van der Waals surface area (Å²) < 4.78 is 26.8. The summed E-state index contributed by atoms with van der Waals surface area (Å²) in [5.74, 6) is 0.298. The maximum atomic E-state index is 12.7. The number of hydrogen-bond acceptors (Lipinski definition) is 4. The van der Waals surface area contributed by atoms with E-state index in [1.54, 1.807) is 31.6 Å². The molecule has 0 saturated heterocycles. The maximum Gasteiger partial charge on any atom is 0.243 e. The Labute approximate surface area is 134 Å². The predicted octanol–water partition coefficient (Wildman–Crippen LogP) is 3.32. The summed E-state index contributed by atoms with van der Waals surface area (Å²) in [6, 6.07) is 5.19. The van der Waals surface area contributed by atoms with Crippen LogP contribution < -0.4 is 0 Å². The summed E-state index contributed by atoms with van der Waals surface area (Å²) in [5.41, 5.74) is 4.14. The van der Waals surface area contributed by atoms with Crippen LogP contribution in [0.15, 0.2) is 28.6 Å². The van der Waals surface area contributed by atoms with Gasteiger partial charge in [0.25, 0.3) is 0 Å². The molecule has 7 heteroatoms. The van der Waals surface area contributed by atoms with Crippen molar-refractivity contribution in [2.75, 3.05) is 7.05 Å². The highest BCUT2D eigenvalue weighted by Crippen LogP contribution is 2.25. The summed E-state index contributed by atoms with van der Waals surface area (Å²) in [5, 5.41) is 0. The average Bonchev–Trinajstić information content (AvgIpc) is 2.84. The van der Waals surface area contributed by atoms with Crippen molar-refractivity contribution in [3.05, 3.63) is 45.4 Å². The number of alkyl halides is 1. The van der Waals surface area contributed by atoms with Crippen LogP contribution in [-0.4, -0.2) is 24.8 Å². The summed E-state index contributed by atoms with van der Waals surface area (Å²) in [6.07, 6.45) is 0. The lowest BCUT2D eigenvalue weighted by Gasteiger charge is -2.19. The molecule has 0 aliphatic carbocycles. The van der Waals surface area contributed by atoms with Crippen LogP contribution in [0, 0.1) is 13.8 Å². The zero-order valence-corrected chi connectivity index (χ0v) is 14.5. The molecule has 0 amide bonds. The fraction of sp³-hybridized carbons (Fsp3) is 0.357. The second-order valence-electron chi connectivity index (χ2n) is 4.80. The van der Waals surface area contributed by atoms with Crippen LogP contribution in [-0.2, 0) is 22.4 Å². The highest BCUT2D eigenvalue weighted by Gasteiger charge is 2.24. The van der Waals surface area contributed by atoms with E-state index >= 15 is 0 Å². The van der Waals surface area contributed by atoms with E-state index in [9.17, 15) is 8.42 Å². The van der Waals surface area contributed by atoms with E-state index in [0.29, 0.717) is 22.9 Å². The molecule has 0 unspecified atom stereocenters. The number of aromatic nitrogens is 1. The van der Waals surface area contributed by atoms with E-state index in [2.05, 4.69) is 4.98 Å². The standard InChI is InChI=1S/C14H17ClN2O2S2/c1-10-12(7-15)5-4-6-14(10)21(18,19)17(3)8-13-11(2)16-9-20-13/h4-6,9H,7-8H2,1-3H3. The van der Waals surface area contributed by atoms with Gasteiger partial charge < -0.3 is 0 Å². The van der Waals surface area contributed by atoms with Crippen LogP contribution in [0.2, 0.25) is 0 Å². The number of aryl methyl sites for hydroxylation is 1. The molecule has 114 valence electrons. The predicted molar refractivity (Wildman–Crippen MR) is 86.2 cm³/mol. The first kappa shape index (κ1) is 16.4. The average molecular weight is 345 g/mol. The molecule has 2 aromatic rings. The molecule has 21 heavy (non-hydrogen) atoms. The molecular formula is C14H17ClN2O2S2. The molecule has 0 bridgehead atoms. The Hall–Kier alpha value is -0.950. The second-order valence-corrected chi connectivity index (χ2v) is 8.02. The van der Waals surface area contributed by atoms with Gasteiger partial charge in [0, 0.05) is 24.3 Å². The van der Waals surface area contributed by atoms with Crippen molar-refractivity contribution in [2.45, 2.75) is 31.2 Å². The Bertz CT molecular complexity index is 741. The SMILES string of the molecule is Cc1ncsc1CN(C)S(=O)(=O)c1cccc(CCl)c1C. The third kappa shape index (κ3) is 3.29. The maximum absolute atomic E-state index is 12.7. The quantitative estimate of drug-likeness (QED) is 0.782. The Morgan fingerprint density at radius 3 is 2.62 bits per heavy atom. The van der Waals surface area contributed by atoms with E-state index in [1.165, 1.54) is 15.6 Å². The zero-order valence-electron chi connectivity index (χ0n) is 12.1. The van der Waals surface area contributed by atoms with Crippen molar-refractivity contribution in [1.82, 2.24) is 9.29 Å². The van der Waals surface area contributed by atoms with Crippen molar-refractivity contribution < 1.29 is 8.42 Å². The lowest BCUT2D eigenvalue weighted by Crippen LogP contribution is -2.27. The van der Waals surface area contributed by atoms with E-state index < -0.39 is 10.0 Å². The fourth-order valence-electron chi connectivity index (χ4n) is 2.02. The molecule has 1 aromatic heterocycles. The number of benzene rings is 1. The molecule has 2 rings (SSSR count). The van der Waals surface area contributed by atoms with Gasteiger partial charge in [0.1, 0.15) is 0 Å². The molecule has 1 aromatic carbocycles. The van der Waals surface area contributed by atoms with Gasteiger partial charge in [-0.1, -0.05) is 12.1 Å². The fourth-order valence-corrected chi connectivity index (χ4v) is 4.62. The van der Waals surface area contributed by atoms with Gasteiger partial charge in [-0.2, -0.15) is 4.31 Å². The zero-order chi connectivity index (χ0) is 15.6. The summed E-state index contributed by atoms with van der Waals surface area (Å²) in [7, 11) is -1.96. The van der Waals surface area contributed by atoms with Crippen LogP contribution in [0.4, 0.5) is 0 Å². The number of hydrogen-bond donors (Lipinski definition) is 0. The minimum atomic E-state index is -3.54. The van der Waals surface area contributed by atoms with Crippen molar-refractivity contribution in [3.63, 3.8) is 0 Å². The Morgan fingerprint density at radius 2 is 2.05 bits per heavy atom. The summed E-state index contributed by atoms with van der Waals surface area (Å²) in [6.45, 7) is 3.99. The molecule has 4 nitrogen and oxygen atoms in total. The second kappa shape index (κ2) is 6.44. The molecular weight excluding hydrogens is 328 g/mol. The van der Waals surface area contributed by atoms with Gasteiger partial charge in [-0.25, -0.2) is 13.4 Å². The summed E-state index contributed by atoms with van der Waals surface area (Å²) in [4.78, 5) is 5.41. The van der Waals surface area contributed by atoms with E-state index in [0.717, 1.165) is 16.1 Å². The minimum Gasteiger partial charge on any atom is -0.250 e. The first-order chi connectivity index (χ1) is 9.87. The molecule has 0 saturated carbocycles. The van der Waals surface area contributed by atoms with Crippen LogP contribution in [0.25, 0.3) is 0 Å².